The molecule has 1 aliphatic rings. The molecule has 0 saturated carbocycles. The first kappa shape index (κ1) is 17.7. The Bertz CT molecular complexity index is 250. The summed E-state index contributed by atoms with van der Waals surface area (Å²) in [6, 6.07) is 0.284. The molecule has 0 aromatic heterocycles. The zero-order chi connectivity index (χ0) is 12.8. The Morgan fingerprint density at radius 3 is 2.67 bits per heavy atom. The molecule has 0 bridgehead atoms. The lowest BCUT2D eigenvalue weighted by atomic mass is 10.1. The summed E-state index contributed by atoms with van der Waals surface area (Å²) in [7, 11) is 1.99. The van der Waals surface area contributed by atoms with Crippen LogP contribution >= 0.6 is 12.4 Å². The molecule has 3 atom stereocenters. The molecule has 5 heteroatoms. The minimum Gasteiger partial charge on any atom is -0.352 e. The van der Waals surface area contributed by atoms with Crippen molar-refractivity contribution < 1.29 is 4.79 Å². The van der Waals surface area contributed by atoms with E-state index in [1.165, 1.54) is 6.42 Å². The van der Waals surface area contributed by atoms with Gasteiger partial charge in [0, 0.05) is 12.6 Å². The second-order valence-corrected chi connectivity index (χ2v) is 5.20. The Labute approximate surface area is 117 Å². The van der Waals surface area contributed by atoms with Crippen molar-refractivity contribution in [1.29, 1.82) is 0 Å². The molecule has 0 spiro atoms. The van der Waals surface area contributed by atoms with Gasteiger partial charge in [-0.15, -0.1) is 12.4 Å². The maximum absolute atomic E-state index is 12.0. The van der Waals surface area contributed by atoms with Crippen molar-refractivity contribution in [3.05, 3.63) is 0 Å². The highest BCUT2D eigenvalue weighted by Crippen LogP contribution is 2.18. The fourth-order valence-electron chi connectivity index (χ4n) is 2.30. The van der Waals surface area contributed by atoms with E-state index in [-0.39, 0.29) is 30.4 Å². The summed E-state index contributed by atoms with van der Waals surface area (Å²) in [6.07, 6.45) is 2.18. The zero-order valence-electron chi connectivity index (χ0n) is 12.0. The number of likely N-dealkylation sites (tertiary alicyclic amines) is 1. The maximum Gasteiger partial charge on any atom is 0.237 e. The van der Waals surface area contributed by atoms with Gasteiger partial charge in [-0.1, -0.05) is 6.92 Å². The van der Waals surface area contributed by atoms with Crippen molar-refractivity contribution in [2.45, 2.75) is 45.7 Å². The SMILES string of the molecule is CCC(C)NC(=O)C(C)N1CCC(CNC)C1.Cl. The minimum atomic E-state index is 0. The highest BCUT2D eigenvalue weighted by molar-refractivity contribution is 5.85. The highest BCUT2D eigenvalue weighted by atomic mass is 35.5. The molecule has 0 aliphatic carbocycles. The average Bonchev–Trinajstić information content (AvgIpc) is 2.76. The van der Waals surface area contributed by atoms with Crippen LogP contribution in [0.15, 0.2) is 0 Å². The lowest BCUT2D eigenvalue weighted by molar-refractivity contribution is -0.126. The largest absolute Gasteiger partial charge is 0.352 e. The molecule has 1 heterocycles. The predicted molar refractivity (Wildman–Crippen MR) is 78.2 cm³/mol. The number of nitrogens with one attached hydrogen (secondary N) is 2. The van der Waals surface area contributed by atoms with Crippen LogP contribution in [0.2, 0.25) is 0 Å². The molecule has 1 rings (SSSR count). The Kier molecular flexibility index (Phi) is 8.57. The van der Waals surface area contributed by atoms with Crippen molar-refractivity contribution >= 4 is 18.3 Å². The molecular weight excluding hydrogens is 250 g/mol. The minimum absolute atomic E-state index is 0. The summed E-state index contributed by atoms with van der Waals surface area (Å²) in [4.78, 5) is 14.3. The molecule has 0 radical (unpaired) electrons. The van der Waals surface area contributed by atoms with E-state index in [4.69, 9.17) is 0 Å². The predicted octanol–water partition coefficient (Wildman–Crippen LogP) is 1.25. The van der Waals surface area contributed by atoms with Crippen molar-refractivity contribution in [3.8, 4) is 0 Å². The first-order chi connectivity index (χ1) is 8.08. The van der Waals surface area contributed by atoms with Gasteiger partial charge >= 0.3 is 0 Å². The smallest absolute Gasteiger partial charge is 0.237 e. The number of hydrogen-bond donors (Lipinski definition) is 2. The maximum atomic E-state index is 12.0. The van der Waals surface area contributed by atoms with Gasteiger partial charge in [-0.2, -0.15) is 0 Å². The van der Waals surface area contributed by atoms with Crippen LogP contribution in [-0.4, -0.2) is 49.6 Å². The molecule has 1 amide bonds. The molecule has 108 valence electrons. The lowest BCUT2D eigenvalue weighted by Gasteiger charge is -2.25. The van der Waals surface area contributed by atoms with Crippen LogP contribution in [0.5, 0.6) is 0 Å². The van der Waals surface area contributed by atoms with Crippen LogP contribution in [0.3, 0.4) is 0 Å². The number of halogens is 1. The Hall–Kier alpha value is -0.320. The van der Waals surface area contributed by atoms with Crippen molar-refractivity contribution in [2.75, 3.05) is 26.7 Å². The van der Waals surface area contributed by atoms with Crippen LogP contribution in [0.4, 0.5) is 0 Å². The van der Waals surface area contributed by atoms with E-state index < -0.39 is 0 Å². The Morgan fingerprint density at radius 2 is 2.11 bits per heavy atom. The van der Waals surface area contributed by atoms with Gasteiger partial charge in [0.15, 0.2) is 0 Å². The van der Waals surface area contributed by atoms with Crippen LogP contribution in [-0.2, 0) is 4.79 Å². The number of nitrogens with zero attached hydrogens (tertiary/aromatic N) is 1. The lowest BCUT2D eigenvalue weighted by Crippen LogP contribution is -2.46. The van der Waals surface area contributed by atoms with Gasteiger partial charge in [0.1, 0.15) is 0 Å². The van der Waals surface area contributed by atoms with Gasteiger partial charge < -0.3 is 10.6 Å². The van der Waals surface area contributed by atoms with Crippen molar-refractivity contribution in [3.63, 3.8) is 0 Å². The van der Waals surface area contributed by atoms with E-state index in [2.05, 4.69) is 29.4 Å². The van der Waals surface area contributed by atoms with Crippen LogP contribution in [0.1, 0.15) is 33.6 Å². The third-order valence-electron chi connectivity index (χ3n) is 3.74. The molecule has 3 unspecified atom stereocenters. The summed E-state index contributed by atoms with van der Waals surface area (Å²) in [5.74, 6) is 0.864. The number of carbonyl (C=O) groups excluding carboxylic acids is 1. The monoisotopic (exact) mass is 277 g/mol. The molecule has 1 aliphatic heterocycles. The number of rotatable bonds is 6. The van der Waals surface area contributed by atoms with Gasteiger partial charge in [0.2, 0.25) is 5.91 Å². The van der Waals surface area contributed by atoms with Crippen LogP contribution in [0, 0.1) is 5.92 Å². The summed E-state index contributed by atoms with van der Waals surface area (Å²) in [5, 5.41) is 6.27. The second-order valence-electron chi connectivity index (χ2n) is 5.20. The highest BCUT2D eigenvalue weighted by Gasteiger charge is 2.29. The van der Waals surface area contributed by atoms with E-state index in [1.807, 2.05) is 14.0 Å². The summed E-state index contributed by atoms with van der Waals surface area (Å²) < 4.78 is 0. The summed E-state index contributed by atoms with van der Waals surface area (Å²) in [5.41, 5.74) is 0. The molecule has 1 fully saturated rings. The molecule has 1 saturated heterocycles. The standard InChI is InChI=1S/C13H27N3O.ClH/c1-5-10(2)15-13(17)11(3)16-7-6-12(9-16)8-14-4;/h10-12,14H,5-9H2,1-4H3,(H,15,17);1H. The second kappa shape index (κ2) is 8.73. The first-order valence-corrected chi connectivity index (χ1v) is 6.77. The van der Waals surface area contributed by atoms with Crippen molar-refractivity contribution in [1.82, 2.24) is 15.5 Å². The molecular formula is C13H28ClN3O. The molecule has 0 aromatic rings. The number of carbonyl (C=O) groups is 1. The van der Waals surface area contributed by atoms with E-state index in [1.54, 1.807) is 0 Å². The normalized spacial score (nSPS) is 23.2. The molecule has 2 N–H and O–H groups in total. The van der Waals surface area contributed by atoms with E-state index in [9.17, 15) is 4.79 Å². The van der Waals surface area contributed by atoms with Crippen molar-refractivity contribution in [2.24, 2.45) is 5.92 Å². The van der Waals surface area contributed by atoms with Gasteiger partial charge in [-0.25, -0.2) is 0 Å². The van der Waals surface area contributed by atoms with Crippen LogP contribution < -0.4 is 10.6 Å². The van der Waals surface area contributed by atoms with Gasteiger partial charge in [0.05, 0.1) is 6.04 Å². The zero-order valence-corrected chi connectivity index (χ0v) is 12.8. The first-order valence-electron chi connectivity index (χ1n) is 6.77. The quantitative estimate of drug-likeness (QED) is 0.768. The third-order valence-corrected chi connectivity index (χ3v) is 3.74. The van der Waals surface area contributed by atoms with E-state index in [0.717, 1.165) is 26.1 Å². The summed E-state index contributed by atoms with van der Waals surface area (Å²) >= 11 is 0. The fourth-order valence-corrected chi connectivity index (χ4v) is 2.30. The Balaban J connectivity index is 0.00000289. The van der Waals surface area contributed by atoms with Crippen LogP contribution in [0.25, 0.3) is 0 Å². The molecule has 4 nitrogen and oxygen atoms in total. The summed E-state index contributed by atoms with van der Waals surface area (Å²) in [6.45, 7) is 9.29. The van der Waals surface area contributed by atoms with Gasteiger partial charge in [-0.3, -0.25) is 9.69 Å². The third kappa shape index (κ3) is 5.12. The topological polar surface area (TPSA) is 44.4 Å². The van der Waals surface area contributed by atoms with Gasteiger partial charge in [0.25, 0.3) is 0 Å². The van der Waals surface area contributed by atoms with E-state index in [0.29, 0.717) is 5.92 Å². The fraction of sp³-hybridized carbons (Fsp3) is 0.923. The molecule has 0 aromatic carbocycles. The number of amides is 1. The molecule has 18 heavy (non-hydrogen) atoms. The Morgan fingerprint density at radius 1 is 1.44 bits per heavy atom. The van der Waals surface area contributed by atoms with E-state index >= 15 is 0 Å². The number of hydrogen-bond acceptors (Lipinski definition) is 3. The average molecular weight is 278 g/mol. The van der Waals surface area contributed by atoms with Gasteiger partial charge in [-0.05, 0) is 52.7 Å².